The Morgan fingerprint density at radius 1 is 1.29 bits per heavy atom. The van der Waals surface area contributed by atoms with Gasteiger partial charge in [0.15, 0.2) is 0 Å². The van der Waals surface area contributed by atoms with Crippen molar-refractivity contribution in [1.82, 2.24) is 14.5 Å². The summed E-state index contributed by atoms with van der Waals surface area (Å²) in [7, 11) is 5.14. The zero-order valence-electron chi connectivity index (χ0n) is 13.9. The van der Waals surface area contributed by atoms with Crippen LogP contribution in [0.3, 0.4) is 0 Å². The smallest absolute Gasteiger partial charge is 0.244 e. The van der Waals surface area contributed by atoms with E-state index in [1.165, 1.54) is 11.5 Å². The fourth-order valence-electron chi connectivity index (χ4n) is 2.90. The van der Waals surface area contributed by atoms with Crippen molar-refractivity contribution in [2.45, 2.75) is 19.0 Å². The van der Waals surface area contributed by atoms with Crippen LogP contribution in [-0.4, -0.2) is 54.2 Å². The zero-order valence-corrected chi connectivity index (χ0v) is 14.7. The molecular formula is C16H20N4O3S. The number of methoxy groups -OCH3 is 2. The second kappa shape index (κ2) is 7.14. The number of carbonyl (C=O) groups excluding carboxylic acids is 1. The van der Waals surface area contributed by atoms with Gasteiger partial charge < -0.3 is 14.4 Å². The van der Waals surface area contributed by atoms with Gasteiger partial charge in [0, 0.05) is 36.7 Å². The van der Waals surface area contributed by atoms with Crippen molar-refractivity contribution >= 4 is 23.1 Å². The van der Waals surface area contributed by atoms with Crippen molar-refractivity contribution in [2.24, 2.45) is 0 Å². The first-order chi connectivity index (χ1) is 11.6. The van der Waals surface area contributed by atoms with Gasteiger partial charge in [-0.2, -0.15) is 0 Å². The maximum atomic E-state index is 12.8. The van der Waals surface area contributed by atoms with Gasteiger partial charge in [-0.05, 0) is 25.0 Å². The minimum Gasteiger partial charge on any atom is -0.497 e. The molecule has 1 aromatic carbocycles. The topological polar surface area (TPSA) is 67.8 Å². The van der Waals surface area contributed by atoms with Crippen LogP contribution < -0.4 is 14.4 Å². The first kappa shape index (κ1) is 16.7. The summed E-state index contributed by atoms with van der Waals surface area (Å²) in [4.78, 5) is 16.7. The molecule has 0 N–H and O–H groups in total. The Labute approximate surface area is 144 Å². The van der Waals surface area contributed by atoms with Gasteiger partial charge in [-0.25, -0.2) is 0 Å². The average molecular weight is 348 g/mol. The van der Waals surface area contributed by atoms with Gasteiger partial charge >= 0.3 is 0 Å². The Kier molecular flexibility index (Phi) is 4.96. The van der Waals surface area contributed by atoms with E-state index in [-0.39, 0.29) is 11.9 Å². The molecule has 2 aromatic rings. The molecule has 0 spiro atoms. The molecule has 1 fully saturated rings. The van der Waals surface area contributed by atoms with E-state index in [0.29, 0.717) is 24.6 Å². The lowest BCUT2D eigenvalue weighted by Crippen LogP contribution is -2.39. The minimum atomic E-state index is -0.163. The van der Waals surface area contributed by atoms with Crippen molar-refractivity contribution in [1.29, 1.82) is 0 Å². The predicted octanol–water partition coefficient (Wildman–Crippen LogP) is 1.79. The number of amides is 1. The summed E-state index contributed by atoms with van der Waals surface area (Å²) in [5.41, 5.74) is 1.68. The first-order valence-electron chi connectivity index (χ1n) is 7.63. The summed E-state index contributed by atoms with van der Waals surface area (Å²) in [6.07, 6.45) is 0.770. The number of nitrogens with zero attached hydrogens (tertiary/aromatic N) is 4. The largest absolute Gasteiger partial charge is 0.497 e. The summed E-state index contributed by atoms with van der Waals surface area (Å²) in [6.45, 7) is 1.28. The second-order valence-electron chi connectivity index (χ2n) is 5.68. The molecule has 128 valence electrons. The molecule has 0 bridgehead atoms. The Hall–Kier alpha value is -2.19. The van der Waals surface area contributed by atoms with Crippen molar-refractivity contribution in [3.8, 4) is 11.5 Å². The van der Waals surface area contributed by atoms with Crippen LogP contribution in [0.5, 0.6) is 11.5 Å². The van der Waals surface area contributed by atoms with Crippen LogP contribution in [0.25, 0.3) is 0 Å². The molecule has 2 heterocycles. The zero-order chi connectivity index (χ0) is 17.1. The Morgan fingerprint density at radius 2 is 2.00 bits per heavy atom. The molecule has 3 rings (SSSR count). The van der Waals surface area contributed by atoms with Crippen LogP contribution in [0, 0.1) is 0 Å². The number of rotatable bonds is 6. The van der Waals surface area contributed by atoms with Gasteiger partial charge in [0.2, 0.25) is 5.91 Å². The Bertz CT molecular complexity index is 685. The van der Waals surface area contributed by atoms with E-state index >= 15 is 0 Å². The fraction of sp³-hybridized carbons (Fsp3) is 0.438. The van der Waals surface area contributed by atoms with Crippen LogP contribution >= 0.6 is 11.5 Å². The van der Waals surface area contributed by atoms with Crippen molar-refractivity contribution in [3.63, 3.8) is 0 Å². The van der Waals surface area contributed by atoms with Crippen LogP contribution in [0.1, 0.15) is 12.1 Å². The third-order valence-corrected chi connectivity index (χ3v) is 4.73. The molecule has 1 aromatic heterocycles. The number of aromatic nitrogens is 2. The summed E-state index contributed by atoms with van der Waals surface area (Å²) in [5.74, 6) is 1.42. The summed E-state index contributed by atoms with van der Waals surface area (Å²) < 4.78 is 14.5. The highest BCUT2D eigenvalue weighted by Crippen LogP contribution is 2.31. The van der Waals surface area contributed by atoms with Crippen molar-refractivity contribution in [2.75, 3.05) is 32.7 Å². The minimum absolute atomic E-state index is 0.0796. The number of likely N-dealkylation sites (N-methyl/N-ethyl adjacent to an activating group) is 1. The van der Waals surface area contributed by atoms with Crippen molar-refractivity contribution < 1.29 is 14.3 Å². The van der Waals surface area contributed by atoms with E-state index in [1.54, 1.807) is 25.2 Å². The SMILES string of the molecule is COc1cc(OC)cc(N2CCC(N(C)Cc3csnn3)C2=O)c1. The van der Waals surface area contributed by atoms with E-state index < -0.39 is 0 Å². The number of benzene rings is 1. The maximum Gasteiger partial charge on any atom is 0.244 e. The highest BCUT2D eigenvalue weighted by molar-refractivity contribution is 7.03. The van der Waals surface area contributed by atoms with E-state index in [2.05, 4.69) is 9.59 Å². The lowest BCUT2D eigenvalue weighted by molar-refractivity contribution is -0.121. The number of anilines is 1. The number of hydrogen-bond donors (Lipinski definition) is 0. The molecule has 8 heteroatoms. The summed E-state index contributed by atoms with van der Waals surface area (Å²) in [6, 6.07) is 5.34. The van der Waals surface area contributed by atoms with Gasteiger partial charge in [0.1, 0.15) is 11.5 Å². The predicted molar refractivity (Wildman–Crippen MR) is 91.7 cm³/mol. The lowest BCUT2D eigenvalue weighted by Gasteiger charge is -2.23. The van der Waals surface area contributed by atoms with Gasteiger partial charge in [-0.1, -0.05) is 4.49 Å². The molecule has 1 amide bonds. The molecule has 0 radical (unpaired) electrons. The molecule has 7 nitrogen and oxygen atoms in total. The standard InChI is InChI=1S/C16H20N4O3S/c1-19(9-11-10-24-18-17-11)15-4-5-20(16(15)21)12-6-13(22-2)8-14(7-12)23-3/h6-8,10,15H,4-5,9H2,1-3H3. The first-order valence-corrected chi connectivity index (χ1v) is 8.46. The van der Waals surface area contributed by atoms with Crippen LogP contribution in [0.15, 0.2) is 23.6 Å². The lowest BCUT2D eigenvalue weighted by atomic mass is 10.2. The van der Waals surface area contributed by atoms with E-state index in [4.69, 9.17) is 9.47 Å². The van der Waals surface area contributed by atoms with Crippen LogP contribution in [0.2, 0.25) is 0 Å². The third-order valence-electron chi connectivity index (χ3n) is 4.17. The molecule has 24 heavy (non-hydrogen) atoms. The Balaban J connectivity index is 1.76. The highest BCUT2D eigenvalue weighted by Gasteiger charge is 2.35. The number of carbonyl (C=O) groups is 1. The molecule has 1 saturated heterocycles. The maximum absolute atomic E-state index is 12.8. The number of hydrogen-bond acceptors (Lipinski definition) is 7. The van der Waals surface area contributed by atoms with Gasteiger partial charge in [-0.3, -0.25) is 9.69 Å². The van der Waals surface area contributed by atoms with E-state index in [9.17, 15) is 4.79 Å². The third kappa shape index (κ3) is 3.34. The van der Waals surface area contributed by atoms with Crippen LogP contribution in [-0.2, 0) is 11.3 Å². The summed E-state index contributed by atoms with van der Waals surface area (Å²) in [5, 5.41) is 5.95. The van der Waals surface area contributed by atoms with Gasteiger partial charge in [0.05, 0.1) is 31.6 Å². The van der Waals surface area contributed by atoms with E-state index in [0.717, 1.165) is 17.8 Å². The monoisotopic (exact) mass is 348 g/mol. The molecule has 1 aliphatic heterocycles. The summed E-state index contributed by atoms with van der Waals surface area (Å²) >= 11 is 1.32. The molecule has 0 saturated carbocycles. The number of ether oxygens (including phenoxy) is 2. The molecule has 1 atom stereocenters. The fourth-order valence-corrected chi connectivity index (χ4v) is 3.34. The normalized spacial score (nSPS) is 17.6. The van der Waals surface area contributed by atoms with E-state index in [1.807, 2.05) is 29.5 Å². The quantitative estimate of drug-likeness (QED) is 0.793. The Morgan fingerprint density at radius 3 is 2.58 bits per heavy atom. The average Bonchev–Trinajstić information content (AvgIpc) is 3.23. The highest BCUT2D eigenvalue weighted by atomic mass is 32.1. The molecular weight excluding hydrogens is 328 g/mol. The van der Waals surface area contributed by atoms with Gasteiger partial charge in [-0.15, -0.1) is 5.10 Å². The van der Waals surface area contributed by atoms with Crippen LogP contribution in [0.4, 0.5) is 5.69 Å². The molecule has 1 aliphatic rings. The second-order valence-corrected chi connectivity index (χ2v) is 6.29. The van der Waals surface area contributed by atoms with Crippen molar-refractivity contribution in [3.05, 3.63) is 29.3 Å². The molecule has 0 aliphatic carbocycles. The van der Waals surface area contributed by atoms with Gasteiger partial charge in [0.25, 0.3) is 0 Å². The molecule has 1 unspecified atom stereocenters.